The van der Waals surface area contributed by atoms with Crippen molar-refractivity contribution in [3.8, 4) is 11.5 Å². The van der Waals surface area contributed by atoms with Crippen LogP contribution in [-0.2, 0) is 14.9 Å². The van der Waals surface area contributed by atoms with Crippen LogP contribution in [0.3, 0.4) is 0 Å². The third-order valence-electron chi connectivity index (χ3n) is 5.77. The van der Waals surface area contributed by atoms with Gasteiger partial charge in [0, 0.05) is 32.0 Å². The molecule has 1 fully saturated rings. The van der Waals surface area contributed by atoms with Gasteiger partial charge < -0.3 is 19.1 Å². The van der Waals surface area contributed by atoms with Gasteiger partial charge in [0.15, 0.2) is 11.5 Å². The van der Waals surface area contributed by atoms with Crippen LogP contribution in [0.1, 0.15) is 17.5 Å². The fourth-order valence-corrected chi connectivity index (χ4v) is 4.55. The lowest BCUT2D eigenvalue weighted by Gasteiger charge is -2.42. The van der Waals surface area contributed by atoms with E-state index in [1.165, 1.54) is 0 Å². The highest BCUT2D eigenvalue weighted by Gasteiger charge is 2.61. The molecule has 5 rings (SSSR count). The third-order valence-corrected chi connectivity index (χ3v) is 5.77. The number of likely N-dealkylation sites (tertiary alicyclic amines) is 1. The van der Waals surface area contributed by atoms with Crippen LogP contribution in [0.2, 0.25) is 0 Å². The Bertz CT molecular complexity index is 802. The van der Waals surface area contributed by atoms with Gasteiger partial charge in [-0.3, -0.25) is 9.79 Å². The molecule has 1 aromatic rings. The Hall–Kier alpha value is -2.34. The summed E-state index contributed by atoms with van der Waals surface area (Å²) in [6.07, 6.45) is 6.74. The molecule has 0 unspecified atom stereocenters. The second-order valence-electron chi connectivity index (χ2n) is 6.74. The molecule has 6 heteroatoms. The number of amides is 1. The van der Waals surface area contributed by atoms with Crippen LogP contribution in [0.25, 0.3) is 0 Å². The third kappa shape index (κ3) is 1.54. The second-order valence-corrected chi connectivity index (χ2v) is 6.74. The van der Waals surface area contributed by atoms with Gasteiger partial charge in [-0.15, -0.1) is 0 Å². The number of aliphatic imine (C=N–C) groups is 1. The summed E-state index contributed by atoms with van der Waals surface area (Å²) < 4.78 is 16.6. The number of carbonyl (C=O) groups excluding carboxylic acids is 1. The molecular weight excluding hydrogens is 308 g/mol. The molecule has 6 nitrogen and oxygen atoms in total. The first kappa shape index (κ1) is 14.0. The molecule has 1 aliphatic carbocycles. The number of ether oxygens (including phenoxy) is 3. The maximum Gasteiger partial charge on any atom is 0.248 e. The van der Waals surface area contributed by atoms with Crippen LogP contribution < -0.4 is 9.47 Å². The topological polar surface area (TPSA) is 60.4 Å². The number of rotatable bonds is 1. The van der Waals surface area contributed by atoms with Crippen LogP contribution in [0.5, 0.6) is 11.5 Å². The van der Waals surface area contributed by atoms with Crippen LogP contribution in [0.4, 0.5) is 0 Å². The zero-order chi connectivity index (χ0) is 16.5. The summed E-state index contributed by atoms with van der Waals surface area (Å²) >= 11 is 0. The average Bonchev–Trinajstić information content (AvgIpc) is 3.14. The summed E-state index contributed by atoms with van der Waals surface area (Å²) in [6, 6.07) is 3.57. The molecule has 0 saturated carbocycles. The van der Waals surface area contributed by atoms with Crippen molar-refractivity contribution in [3.05, 3.63) is 35.4 Å². The van der Waals surface area contributed by atoms with Crippen molar-refractivity contribution < 1.29 is 19.0 Å². The van der Waals surface area contributed by atoms with Gasteiger partial charge in [-0.25, -0.2) is 0 Å². The molecule has 124 valence electrons. The molecule has 4 aliphatic rings. The normalized spacial score (nSPS) is 35.0. The highest BCUT2D eigenvalue weighted by Crippen LogP contribution is 2.52. The van der Waals surface area contributed by atoms with E-state index in [-0.39, 0.29) is 24.8 Å². The van der Waals surface area contributed by atoms with Crippen molar-refractivity contribution >= 4 is 12.1 Å². The first-order chi connectivity index (χ1) is 11.6. The molecule has 3 heterocycles. The number of likely N-dealkylation sites (N-methyl/N-ethyl adjacent to an activating group) is 1. The maximum absolute atomic E-state index is 12.8. The SMILES string of the molecule is CO[C@H]1C=C[C@@]23c4cc5c(cc4C=N[C@@H]2C(=O)N(C)[C@H]3C1)OCO5. The number of carbonyl (C=O) groups is 1. The minimum atomic E-state index is -0.466. The number of hydrogen-bond donors (Lipinski definition) is 0. The lowest BCUT2D eigenvalue weighted by Crippen LogP contribution is -2.49. The fourth-order valence-electron chi connectivity index (χ4n) is 4.55. The first-order valence-electron chi connectivity index (χ1n) is 8.11. The molecule has 24 heavy (non-hydrogen) atoms. The predicted molar refractivity (Wildman–Crippen MR) is 86.7 cm³/mol. The average molecular weight is 326 g/mol. The van der Waals surface area contributed by atoms with E-state index in [1.54, 1.807) is 13.3 Å². The highest BCUT2D eigenvalue weighted by atomic mass is 16.7. The standard InChI is InChI=1S/C18H18N2O4/c1-20-15-6-11(22-2)3-4-18(15)12-7-14-13(23-9-24-14)5-10(12)8-19-16(18)17(20)21/h3-5,7-8,11,15-16H,6,9H2,1-2H3/t11-,15-,16+,18-/m0/s1. The maximum atomic E-state index is 12.8. The summed E-state index contributed by atoms with van der Waals surface area (Å²) in [5.41, 5.74) is 1.61. The van der Waals surface area contributed by atoms with Gasteiger partial charge in [0.25, 0.3) is 0 Å². The lowest BCUT2D eigenvalue weighted by atomic mass is 9.65. The Morgan fingerprint density at radius 3 is 2.92 bits per heavy atom. The van der Waals surface area contributed by atoms with Crippen molar-refractivity contribution in [2.75, 3.05) is 21.0 Å². The summed E-state index contributed by atoms with van der Waals surface area (Å²) in [4.78, 5) is 19.3. The van der Waals surface area contributed by atoms with Gasteiger partial charge in [0.05, 0.1) is 11.5 Å². The van der Waals surface area contributed by atoms with E-state index in [1.807, 2.05) is 24.1 Å². The monoisotopic (exact) mass is 326 g/mol. The molecular formula is C18H18N2O4. The van der Waals surface area contributed by atoms with E-state index >= 15 is 0 Å². The van der Waals surface area contributed by atoms with Crippen molar-refractivity contribution in [1.29, 1.82) is 0 Å². The van der Waals surface area contributed by atoms with Crippen molar-refractivity contribution in [2.45, 2.75) is 30.0 Å². The smallest absolute Gasteiger partial charge is 0.248 e. The molecule has 4 atom stereocenters. The lowest BCUT2D eigenvalue weighted by molar-refractivity contribution is -0.128. The van der Waals surface area contributed by atoms with Gasteiger partial charge in [-0.2, -0.15) is 0 Å². The Balaban J connectivity index is 1.75. The zero-order valence-corrected chi connectivity index (χ0v) is 13.6. The summed E-state index contributed by atoms with van der Waals surface area (Å²) in [5.74, 6) is 1.53. The van der Waals surface area contributed by atoms with Gasteiger partial charge in [0.2, 0.25) is 12.7 Å². The number of hydrogen-bond acceptors (Lipinski definition) is 5. The van der Waals surface area contributed by atoms with E-state index in [4.69, 9.17) is 14.2 Å². The molecule has 0 radical (unpaired) electrons. The Morgan fingerprint density at radius 1 is 1.33 bits per heavy atom. The fraction of sp³-hybridized carbons (Fsp3) is 0.444. The summed E-state index contributed by atoms with van der Waals surface area (Å²) in [6.45, 7) is 0.232. The molecule has 1 aromatic carbocycles. The first-order valence-corrected chi connectivity index (χ1v) is 8.11. The molecule has 0 bridgehead atoms. The van der Waals surface area contributed by atoms with Gasteiger partial charge in [-0.1, -0.05) is 12.2 Å². The number of benzene rings is 1. The summed E-state index contributed by atoms with van der Waals surface area (Å²) in [7, 11) is 3.56. The summed E-state index contributed by atoms with van der Waals surface area (Å²) in [5, 5.41) is 0. The van der Waals surface area contributed by atoms with E-state index in [9.17, 15) is 4.79 Å². The van der Waals surface area contributed by atoms with Gasteiger partial charge >= 0.3 is 0 Å². The molecule has 0 aromatic heterocycles. The molecule has 1 spiro atoms. The Morgan fingerprint density at radius 2 is 2.12 bits per heavy atom. The quantitative estimate of drug-likeness (QED) is 0.729. The molecule has 1 amide bonds. The van der Waals surface area contributed by atoms with Crippen LogP contribution in [0.15, 0.2) is 29.3 Å². The molecule has 1 saturated heterocycles. The number of fused-ring (bicyclic) bond motifs is 2. The molecule has 0 N–H and O–H groups in total. The Kier molecular flexibility index (Phi) is 2.69. The minimum absolute atomic E-state index is 0.0120. The van der Waals surface area contributed by atoms with E-state index in [2.05, 4.69) is 17.1 Å². The van der Waals surface area contributed by atoms with E-state index in [0.29, 0.717) is 0 Å². The van der Waals surface area contributed by atoms with Crippen molar-refractivity contribution in [1.82, 2.24) is 4.90 Å². The van der Waals surface area contributed by atoms with E-state index < -0.39 is 11.5 Å². The van der Waals surface area contributed by atoms with Crippen LogP contribution >= 0.6 is 0 Å². The van der Waals surface area contributed by atoms with Crippen LogP contribution in [-0.4, -0.2) is 56.2 Å². The zero-order valence-electron chi connectivity index (χ0n) is 13.6. The highest BCUT2D eigenvalue weighted by molar-refractivity contribution is 5.96. The predicted octanol–water partition coefficient (Wildman–Crippen LogP) is 1.27. The van der Waals surface area contributed by atoms with Gasteiger partial charge in [0.1, 0.15) is 6.04 Å². The minimum Gasteiger partial charge on any atom is -0.454 e. The van der Waals surface area contributed by atoms with Crippen molar-refractivity contribution in [2.24, 2.45) is 4.99 Å². The number of methoxy groups -OCH3 is 1. The molecule has 3 aliphatic heterocycles. The van der Waals surface area contributed by atoms with Crippen molar-refractivity contribution in [3.63, 3.8) is 0 Å². The number of nitrogens with zero attached hydrogens (tertiary/aromatic N) is 2. The largest absolute Gasteiger partial charge is 0.454 e. The van der Waals surface area contributed by atoms with Gasteiger partial charge in [-0.05, 0) is 24.1 Å². The second kappa shape index (κ2) is 4.60. The Labute approximate surface area is 139 Å². The van der Waals surface area contributed by atoms with E-state index in [0.717, 1.165) is 29.0 Å². The van der Waals surface area contributed by atoms with Crippen LogP contribution in [0, 0.1) is 0 Å².